The lowest BCUT2D eigenvalue weighted by atomic mass is 10.2. The number of amides is 1. The molecule has 1 aromatic carbocycles. The fourth-order valence-electron chi connectivity index (χ4n) is 3.16. The molecule has 1 N–H and O–H groups in total. The molecule has 0 atom stereocenters. The van der Waals surface area contributed by atoms with Crippen molar-refractivity contribution in [3.63, 3.8) is 0 Å². The first-order valence-electron chi connectivity index (χ1n) is 10.1. The molecule has 1 amide bonds. The average molecular weight is 553 g/mol. The van der Waals surface area contributed by atoms with Gasteiger partial charge in [-0.3, -0.25) is 14.9 Å². The predicted molar refractivity (Wildman–Crippen MR) is 134 cm³/mol. The van der Waals surface area contributed by atoms with E-state index in [4.69, 9.17) is 0 Å². The van der Waals surface area contributed by atoms with E-state index in [1.165, 1.54) is 17.0 Å². The number of guanidine groups is 1. The van der Waals surface area contributed by atoms with Crippen LogP contribution in [0.4, 0.5) is 11.5 Å². The number of nitrogens with one attached hydrogen (secondary N) is 1. The van der Waals surface area contributed by atoms with Gasteiger partial charge < -0.3 is 20.0 Å². The van der Waals surface area contributed by atoms with Gasteiger partial charge in [-0.25, -0.2) is 9.98 Å². The highest BCUT2D eigenvalue weighted by atomic mass is 127. The van der Waals surface area contributed by atoms with Crippen molar-refractivity contribution in [3.05, 3.63) is 64.3 Å². The first-order chi connectivity index (χ1) is 14.9. The minimum Gasteiger partial charge on any atom is -0.353 e. The number of nitro benzene ring substituents is 1. The number of carbonyl (C=O) groups excluding carboxylic acids is 1. The summed E-state index contributed by atoms with van der Waals surface area (Å²) >= 11 is 0. The van der Waals surface area contributed by atoms with Gasteiger partial charge in [0, 0.05) is 58.6 Å². The third-order valence-electron chi connectivity index (χ3n) is 5.01. The molecular weight excluding hydrogens is 525 g/mol. The second kappa shape index (κ2) is 12.2. The molecule has 0 aliphatic carbocycles. The number of anilines is 1. The highest BCUT2D eigenvalue weighted by molar-refractivity contribution is 14.0. The van der Waals surface area contributed by atoms with Gasteiger partial charge in [0.25, 0.3) is 5.69 Å². The Hall–Kier alpha value is -2.96. The number of nitro groups is 1. The summed E-state index contributed by atoms with van der Waals surface area (Å²) in [6, 6.07) is 12.2. The number of likely N-dealkylation sites (N-methyl/N-ethyl adjacent to an activating group) is 1. The molecule has 11 heteroatoms. The smallest absolute Gasteiger partial charge is 0.269 e. The molecule has 1 aliphatic rings. The number of piperazine rings is 1. The molecule has 0 saturated carbocycles. The summed E-state index contributed by atoms with van der Waals surface area (Å²) in [5.74, 6) is 1.55. The van der Waals surface area contributed by atoms with Crippen LogP contribution in [0.15, 0.2) is 53.7 Å². The van der Waals surface area contributed by atoms with E-state index in [-0.39, 0.29) is 42.1 Å². The average Bonchev–Trinajstić information content (AvgIpc) is 2.80. The maximum Gasteiger partial charge on any atom is 0.269 e. The number of benzene rings is 1. The molecule has 10 nitrogen and oxygen atoms in total. The van der Waals surface area contributed by atoms with Crippen LogP contribution in [-0.2, 0) is 11.3 Å². The van der Waals surface area contributed by atoms with E-state index >= 15 is 0 Å². The van der Waals surface area contributed by atoms with E-state index in [0.717, 1.165) is 37.6 Å². The first kappa shape index (κ1) is 25.3. The topological polar surface area (TPSA) is 107 Å². The van der Waals surface area contributed by atoms with Crippen molar-refractivity contribution in [3.8, 4) is 0 Å². The van der Waals surface area contributed by atoms with Crippen LogP contribution >= 0.6 is 24.0 Å². The van der Waals surface area contributed by atoms with Gasteiger partial charge in [-0.05, 0) is 17.7 Å². The molecule has 0 bridgehead atoms. The lowest BCUT2D eigenvalue weighted by Gasteiger charge is -2.37. The lowest BCUT2D eigenvalue weighted by Crippen LogP contribution is -2.53. The summed E-state index contributed by atoms with van der Waals surface area (Å²) in [7, 11) is 3.42. The van der Waals surface area contributed by atoms with Crippen molar-refractivity contribution in [2.24, 2.45) is 4.99 Å². The molecule has 3 rings (SSSR count). The van der Waals surface area contributed by atoms with Crippen molar-refractivity contribution in [1.29, 1.82) is 0 Å². The zero-order valence-electron chi connectivity index (χ0n) is 18.2. The summed E-state index contributed by atoms with van der Waals surface area (Å²) in [5.41, 5.74) is 0.907. The van der Waals surface area contributed by atoms with Gasteiger partial charge in [-0.1, -0.05) is 18.2 Å². The Morgan fingerprint density at radius 3 is 2.41 bits per heavy atom. The zero-order valence-corrected chi connectivity index (χ0v) is 20.5. The van der Waals surface area contributed by atoms with Crippen LogP contribution in [0, 0.1) is 10.1 Å². The largest absolute Gasteiger partial charge is 0.353 e. The SMILES string of the molecule is CN(C)C(=O)CNC(=NCc1ccc([N+](=O)[O-])cc1)N1CCN(c2ccccn2)CC1.I. The van der Waals surface area contributed by atoms with Crippen LogP contribution in [0.2, 0.25) is 0 Å². The number of pyridine rings is 1. The third-order valence-corrected chi connectivity index (χ3v) is 5.01. The summed E-state index contributed by atoms with van der Waals surface area (Å²) in [5, 5.41) is 14.0. The Balaban J connectivity index is 0.00000363. The minimum absolute atomic E-state index is 0. The molecule has 0 radical (unpaired) electrons. The van der Waals surface area contributed by atoms with Crippen molar-refractivity contribution in [2.45, 2.75) is 6.54 Å². The molecule has 1 fully saturated rings. The van der Waals surface area contributed by atoms with Crippen LogP contribution in [0.3, 0.4) is 0 Å². The van der Waals surface area contributed by atoms with Crippen LogP contribution in [0.25, 0.3) is 0 Å². The number of rotatable bonds is 6. The molecule has 1 aromatic heterocycles. The number of nitrogens with zero attached hydrogens (tertiary/aromatic N) is 6. The summed E-state index contributed by atoms with van der Waals surface area (Å²) in [6.07, 6.45) is 1.78. The Labute approximate surface area is 204 Å². The highest BCUT2D eigenvalue weighted by Gasteiger charge is 2.21. The Kier molecular flexibility index (Phi) is 9.62. The second-order valence-electron chi connectivity index (χ2n) is 7.37. The van der Waals surface area contributed by atoms with Crippen molar-refractivity contribution < 1.29 is 9.72 Å². The molecule has 0 spiro atoms. The standard InChI is InChI=1S/C21H27N7O3.HI/c1-25(2)20(29)16-24-21(23-15-17-6-8-18(9-7-17)28(30)31)27-13-11-26(12-14-27)19-5-3-4-10-22-19;/h3-10H,11-16H2,1-2H3,(H,23,24);1H. The van der Waals surface area contributed by atoms with E-state index in [2.05, 4.69) is 25.1 Å². The predicted octanol–water partition coefficient (Wildman–Crippen LogP) is 1.96. The summed E-state index contributed by atoms with van der Waals surface area (Å²) in [6.45, 7) is 3.55. The highest BCUT2D eigenvalue weighted by Crippen LogP contribution is 2.14. The van der Waals surface area contributed by atoms with Gasteiger partial charge in [-0.15, -0.1) is 24.0 Å². The van der Waals surface area contributed by atoms with Crippen LogP contribution < -0.4 is 10.2 Å². The molecule has 1 aliphatic heterocycles. The van der Waals surface area contributed by atoms with Gasteiger partial charge in [-0.2, -0.15) is 0 Å². The second-order valence-corrected chi connectivity index (χ2v) is 7.37. The fraction of sp³-hybridized carbons (Fsp3) is 0.381. The van der Waals surface area contributed by atoms with E-state index in [0.29, 0.717) is 12.5 Å². The van der Waals surface area contributed by atoms with E-state index in [1.807, 2.05) is 18.2 Å². The lowest BCUT2D eigenvalue weighted by molar-refractivity contribution is -0.384. The van der Waals surface area contributed by atoms with E-state index < -0.39 is 4.92 Å². The number of carbonyl (C=O) groups is 1. The van der Waals surface area contributed by atoms with Gasteiger partial charge in [0.2, 0.25) is 5.91 Å². The molecule has 0 unspecified atom stereocenters. The monoisotopic (exact) mass is 553 g/mol. The molecular formula is C21H28IN7O3. The quantitative estimate of drug-likeness (QED) is 0.192. The van der Waals surface area contributed by atoms with E-state index in [9.17, 15) is 14.9 Å². The van der Waals surface area contributed by atoms with Gasteiger partial charge in [0.1, 0.15) is 5.82 Å². The summed E-state index contributed by atoms with van der Waals surface area (Å²) in [4.78, 5) is 37.4. The fourth-order valence-corrected chi connectivity index (χ4v) is 3.16. The third kappa shape index (κ3) is 7.04. The Bertz CT molecular complexity index is 915. The Morgan fingerprint density at radius 2 is 1.84 bits per heavy atom. The first-order valence-corrected chi connectivity index (χ1v) is 10.1. The Morgan fingerprint density at radius 1 is 1.16 bits per heavy atom. The molecule has 172 valence electrons. The van der Waals surface area contributed by atoms with Crippen LogP contribution in [0.1, 0.15) is 5.56 Å². The van der Waals surface area contributed by atoms with Crippen molar-refractivity contribution in [1.82, 2.24) is 20.1 Å². The number of non-ortho nitro benzene ring substituents is 1. The van der Waals surface area contributed by atoms with Gasteiger partial charge in [0.05, 0.1) is 18.0 Å². The molecule has 2 aromatic rings. The minimum atomic E-state index is -0.423. The molecule has 1 saturated heterocycles. The molecule has 32 heavy (non-hydrogen) atoms. The van der Waals surface area contributed by atoms with Crippen molar-refractivity contribution in [2.75, 3.05) is 51.7 Å². The maximum atomic E-state index is 12.1. The van der Waals surface area contributed by atoms with Crippen LogP contribution in [0.5, 0.6) is 0 Å². The van der Waals surface area contributed by atoms with Crippen LogP contribution in [-0.4, -0.2) is 78.4 Å². The number of halogens is 1. The number of hydrogen-bond acceptors (Lipinski definition) is 6. The normalized spacial score (nSPS) is 13.9. The van der Waals surface area contributed by atoms with Crippen molar-refractivity contribution >= 4 is 47.3 Å². The van der Waals surface area contributed by atoms with Gasteiger partial charge >= 0.3 is 0 Å². The summed E-state index contributed by atoms with van der Waals surface area (Å²) < 4.78 is 0. The van der Waals surface area contributed by atoms with Gasteiger partial charge in [0.15, 0.2) is 5.96 Å². The molecule has 2 heterocycles. The maximum absolute atomic E-state index is 12.1. The number of aromatic nitrogens is 1. The zero-order chi connectivity index (χ0) is 22.2. The number of hydrogen-bond donors (Lipinski definition) is 1. The van der Waals surface area contributed by atoms with E-state index in [1.54, 1.807) is 32.4 Å². The number of aliphatic imine (C=N–C) groups is 1.